The number of ether oxygens (including phenoxy) is 4. The SMILES string of the molecule is CCCCCCCCC(CC(CC1=NC(C)CO1)C1=NC(C)CO1)(C1=NCCO1)C1=NCCO1. The summed E-state index contributed by atoms with van der Waals surface area (Å²) in [4.78, 5) is 19.2. The van der Waals surface area contributed by atoms with Gasteiger partial charge in [0.15, 0.2) is 23.6 Å². The van der Waals surface area contributed by atoms with E-state index in [1.165, 1.54) is 32.1 Å². The molecule has 4 aliphatic heterocycles. The number of hydrogen-bond donors (Lipinski definition) is 0. The van der Waals surface area contributed by atoms with Crippen LogP contribution in [0, 0.1) is 11.3 Å². The largest absolute Gasteiger partial charge is 0.479 e. The zero-order valence-corrected chi connectivity index (χ0v) is 21.3. The molecule has 0 saturated heterocycles. The average molecular weight is 475 g/mol. The number of nitrogens with zero attached hydrogens (tertiary/aromatic N) is 4. The summed E-state index contributed by atoms with van der Waals surface area (Å²) in [5.74, 6) is 3.15. The zero-order chi connectivity index (χ0) is 23.8. The van der Waals surface area contributed by atoms with Gasteiger partial charge in [-0.2, -0.15) is 0 Å². The van der Waals surface area contributed by atoms with Gasteiger partial charge in [0, 0.05) is 12.3 Å². The van der Waals surface area contributed by atoms with E-state index in [1.54, 1.807) is 0 Å². The summed E-state index contributed by atoms with van der Waals surface area (Å²) in [5.41, 5.74) is -0.495. The Bertz CT molecular complexity index is 783. The van der Waals surface area contributed by atoms with Crippen molar-refractivity contribution in [1.82, 2.24) is 0 Å². The molecular formula is C26H42N4O4. The first-order valence-electron chi connectivity index (χ1n) is 13.4. The van der Waals surface area contributed by atoms with Crippen LogP contribution in [-0.4, -0.2) is 75.2 Å². The van der Waals surface area contributed by atoms with E-state index in [4.69, 9.17) is 38.9 Å². The van der Waals surface area contributed by atoms with Crippen LogP contribution in [0.25, 0.3) is 0 Å². The van der Waals surface area contributed by atoms with Crippen molar-refractivity contribution >= 4 is 23.6 Å². The Hall–Kier alpha value is -2.12. The van der Waals surface area contributed by atoms with Gasteiger partial charge in [0.1, 0.15) is 31.8 Å². The van der Waals surface area contributed by atoms with Gasteiger partial charge in [-0.25, -0.2) is 9.98 Å². The van der Waals surface area contributed by atoms with Crippen molar-refractivity contribution < 1.29 is 18.9 Å². The molecule has 0 aromatic rings. The molecule has 4 rings (SSSR count). The van der Waals surface area contributed by atoms with Crippen LogP contribution in [0.2, 0.25) is 0 Å². The van der Waals surface area contributed by atoms with Gasteiger partial charge in [0.2, 0.25) is 0 Å². The minimum atomic E-state index is -0.495. The Kier molecular flexibility index (Phi) is 8.84. The van der Waals surface area contributed by atoms with Crippen molar-refractivity contribution in [2.24, 2.45) is 31.3 Å². The third kappa shape index (κ3) is 6.11. The Morgan fingerprint density at radius 3 is 2.03 bits per heavy atom. The maximum absolute atomic E-state index is 6.15. The normalized spacial score (nSPS) is 25.0. The molecule has 0 aromatic heterocycles. The third-order valence-electron chi connectivity index (χ3n) is 6.99. The summed E-state index contributed by atoms with van der Waals surface area (Å²) in [7, 11) is 0. The Morgan fingerprint density at radius 2 is 1.47 bits per heavy atom. The molecule has 3 unspecified atom stereocenters. The van der Waals surface area contributed by atoms with Crippen molar-refractivity contribution in [3.63, 3.8) is 0 Å². The van der Waals surface area contributed by atoms with Gasteiger partial charge in [0.25, 0.3) is 0 Å². The molecule has 0 spiro atoms. The summed E-state index contributed by atoms with van der Waals surface area (Å²) in [6, 6.07) is 0.356. The van der Waals surface area contributed by atoms with E-state index in [9.17, 15) is 0 Å². The van der Waals surface area contributed by atoms with E-state index in [0.29, 0.717) is 45.9 Å². The highest BCUT2D eigenvalue weighted by Gasteiger charge is 2.49. The predicted molar refractivity (Wildman–Crippen MR) is 135 cm³/mol. The molecule has 0 aromatic carbocycles. The molecule has 0 fully saturated rings. The van der Waals surface area contributed by atoms with Gasteiger partial charge in [0.05, 0.1) is 25.2 Å². The lowest BCUT2D eigenvalue weighted by molar-refractivity contribution is 0.226. The molecule has 3 atom stereocenters. The second kappa shape index (κ2) is 12.0. The highest BCUT2D eigenvalue weighted by Crippen LogP contribution is 2.41. The first-order valence-corrected chi connectivity index (χ1v) is 13.4. The number of aliphatic imine (C=N–C) groups is 4. The van der Waals surface area contributed by atoms with Crippen LogP contribution in [0.4, 0.5) is 0 Å². The van der Waals surface area contributed by atoms with Gasteiger partial charge in [-0.05, 0) is 26.7 Å². The van der Waals surface area contributed by atoms with E-state index in [-0.39, 0.29) is 18.0 Å². The fourth-order valence-electron chi connectivity index (χ4n) is 5.29. The molecule has 8 heteroatoms. The fourth-order valence-corrected chi connectivity index (χ4v) is 5.29. The second-order valence-corrected chi connectivity index (χ2v) is 10.1. The molecular weight excluding hydrogens is 432 g/mol. The van der Waals surface area contributed by atoms with Gasteiger partial charge in [-0.15, -0.1) is 0 Å². The standard InChI is InChI=1S/C26H42N4O4/c1-4-5-6-7-8-9-10-26(24-27-11-13-31-24,25-28-12-14-32-25)16-21(23-30-20(3)18-34-23)15-22-29-19(2)17-33-22/h19-21H,4-18H2,1-3H3. The van der Waals surface area contributed by atoms with E-state index >= 15 is 0 Å². The Labute approximate surface area is 204 Å². The molecule has 0 aliphatic carbocycles. The molecule has 4 aliphatic rings. The molecule has 0 N–H and O–H groups in total. The summed E-state index contributed by atoms with van der Waals surface area (Å²) in [5, 5.41) is 0. The molecule has 0 bridgehead atoms. The second-order valence-electron chi connectivity index (χ2n) is 10.1. The van der Waals surface area contributed by atoms with Crippen molar-refractivity contribution in [3.8, 4) is 0 Å². The quantitative estimate of drug-likeness (QED) is 0.344. The third-order valence-corrected chi connectivity index (χ3v) is 6.99. The van der Waals surface area contributed by atoms with Gasteiger partial charge in [-0.3, -0.25) is 9.98 Å². The van der Waals surface area contributed by atoms with E-state index in [1.807, 2.05) is 0 Å². The monoisotopic (exact) mass is 474 g/mol. The lowest BCUT2D eigenvalue weighted by atomic mass is 9.73. The molecule has 4 heterocycles. The number of hydrogen-bond acceptors (Lipinski definition) is 8. The summed E-state index contributed by atoms with van der Waals surface area (Å²) in [6.45, 7) is 10.3. The lowest BCUT2D eigenvalue weighted by Crippen LogP contribution is -2.43. The van der Waals surface area contributed by atoms with Crippen LogP contribution < -0.4 is 0 Å². The molecule has 190 valence electrons. The summed E-state index contributed by atoms with van der Waals surface area (Å²) in [6.07, 6.45) is 9.66. The number of rotatable bonds is 14. The maximum atomic E-state index is 6.15. The Balaban J connectivity index is 1.59. The van der Waals surface area contributed by atoms with Gasteiger partial charge >= 0.3 is 0 Å². The van der Waals surface area contributed by atoms with Crippen molar-refractivity contribution in [2.75, 3.05) is 39.5 Å². The molecule has 0 radical (unpaired) electrons. The first-order chi connectivity index (χ1) is 16.6. The van der Waals surface area contributed by atoms with Crippen LogP contribution in [0.1, 0.15) is 78.6 Å². The van der Waals surface area contributed by atoms with E-state index in [0.717, 1.165) is 42.9 Å². The van der Waals surface area contributed by atoms with Crippen LogP contribution in [0.5, 0.6) is 0 Å². The molecule has 34 heavy (non-hydrogen) atoms. The number of unbranched alkanes of at least 4 members (excludes halogenated alkanes) is 5. The van der Waals surface area contributed by atoms with Crippen LogP contribution in [0.3, 0.4) is 0 Å². The average Bonchev–Trinajstić information content (AvgIpc) is 3.63. The van der Waals surface area contributed by atoms with E-state index < -0.39 is 5.41 Å². The van der Waals surface area contributed by atoms with Crippen LogP contribution in [0.15, 0.2) is 20.0 Å². The predicted octanol–water partition coefficient (Wildman–Crippen LogP) is 4.61. The minimum absolute atomic E-state index is 0.00731. The highest BCUT2D eigenvalue weighted by molar-refractivity contribution is 6.06. The summed E-state index contributed by atoms with van der Waals surface area (Å²) >= 11 is 0. The van der Waals surface area contributed by atoms with Crippen LogP contribution >= 0.6 is 0 Å². The van der Waals surface area contributed by atoms with Crippen molar-refractivity contribution in [1.29, 1.82) is 0 Å². The highest BCUT2D eigenvalue weighted by atomic mass is 16.5. The van der Waals surface area contributed by atoms with Crippen LogP contribution in [-0.2, 0) is 18.9 Å². The smallest absolute Gasteiger partial charge is 0.199 e. The minimum Gasteiger partial charge on any atom is -0.479 e. The van der Waals surface area contributed by atoms with Crippen molar-refractivity contribution in [3.05, 3.63) is 0 Å². The fraction of sp³-hybridized carbons (Fsp3) is 0.846. The first kappa shape index (κ1) is 25.0. The van der Waals surface area contributed by atoms with E-state index in [2.05, 4.69) is 20.8 Å². The Morgan fingerprint density at radius 1 is 0.824 bits per heavy atom. The molecule has 0 saturated carbocycles. The maximum Gasteiger partial charge on any atom is 0.199 e. The van der Waals surface area contributed by atoms with Gasteiger partial charge < -0.3 is 18.9 Å². The molecule has 0 amide bonds. The van der Waals surface area contributed by atoms with Gasteiger partial charge in [-0.1, -0.05) is 45.4 Å². The summed E-state index contributed by atoms with van der Waals surface area (Å²) < 4.78 is 24.3. The van der Waals surface area contributed by atoms with Crippen molar-refractivity contribution in [2.45, 2.75) is 90.6 Å². The molecule has 8 nitrogen and oxygen atoms in total. The topological polar surface area (TPSA) is 86.4 Å². The zero-order valence-electron chi connectivity index (χ0n) is 21.3. The lowest BCUT2D eigenvalue weighted by Gasteiger charge is -2.35.